The lowest BCUT2D eigenvalue weighted by Gasteiger charge is -2.32. The van der Waals surface area contributed by atoms with E-state index < -0.39 is 6.43 Å². The summed E-state index contributed by atoms with van der Waals surface area (Å²) < 4.78 is 32.5. The van der Waals surface area contributed by atoms with Crippen molar-refractivity contribution in [2.75, 3.05) is 13.1 Å². The number of halogens is 2. The Morgan fingerprint density at radius 3 is 2.61 bits per heavy atom. The molecule has 0 N–H and O–H groups in total. The number of carbonyl (C=O) groups excluding carboxylic acids is 1. The molecule has 164 valence electrons. The number of rotatable bonds is 3. The quantitative estimate of drug-likeness (QED) is 0.606. The zero-order valence-electron chi connectivity index (χ0n) is 18.0. The van der Waals surface area contributed by atoms with Gasteiger partial charge >= 0.3 is 0 Å². The van der Waals surface area contributed by atoms with Crippen LogP contribution in [0.4, 0.5) is 8.78 Å². The van der Waals surface area contributed by atoms with E-state index in [1.54, 1.807) is 24.2 Å². The topological polar surface area (TPSA) is 85.0 Å². The number of nitrogens with zero attached hydrogens (tertiary/aromatic N) is 5. The fraction of sp³-hybridized carbons (Fsp3) is 0.500. The van der Waals surface area contributed by atoms with E-state index >= 15 is 0 Å². The number of aryl methyl sites for hydroxylation is 1. The van der Waals surface area contributed by atoms with E-state index in [4.69, 9.17) is 4.52 Å². The van der Waals surface area contributed by atoms with E-state index in [0.29, 0.717) is 35.9 Å². The van der Waals surface area contributed by atoms with Crippen molar-refractivity contribution in [2.45, 2.75) is 58.3 Å². The molecule has 1 aliphatic rings. The molecule has 0 unspecified atom stereocenters. The molecule has 0 radical (unpaired) electrons. The Bertz CT molecular complexity index is 1110. The van der Waals surface area contributed by atoms with Crippen LogP contribution in [0.25, 0.3) is 11.1 Å². The summed E-state index contributed by atoms with van der Waals surface area (Å²) in [6.07, 6.45) is 1.93. The monoisotopic (exact) mass is 429 g/mol. The van der Waals surface area contributed by atoms with Crippen LogP contribution in [0, 0.1) is 6.92 Å². The number of amides is 1. The minimum atomic E-state index is -2.66. The van der Waals surface area contributed by atoms with Crippen molar-refractivity contribution >= 4 is 17.0 Å². The van der Waals surface area contributed by atoms with Crippen LogP contribution < -0.4 is 0 Å². The van der Waals surface area contributed by atoms with Gasteiger partial charge < -0.3 is 9.42 Å². The largest absolute Gasteiger partial charge is 0.338 e. The number of pyridine rings is 1. The highest BCUT2D eigenvalue weighted by molar-refractivity contribution is 5.93. The molecule has 4 rings (SSSR count). The summed E-state index contributed by atoms with van der Waals surface area (Å²) in [4.78, 5) is 27.8. The Kier molecular flexibility index (Phi) is 5.45. The molecule has 0 bridgehead atoms. The minimum absolute atomic E-state index is 0.111. The Morgan fingerprint density at radius 1 is 1.26 bits per heavy atom. The summed E-state index contributed by atoms with van der Waals surface area (Å²) in [7, 11) is 0. The van der Waals surface area contributed by atoms with E-state index in [-0.39, 0.29) is 33.9 Å². The van der Waals surface area contributed by atoms with Gasteiger partial charge in [-0.25, -0.2) is 23.7 Å². The number of alkyl halides is 2. The van der Waals surface area contributed by atoms with Gasteiger partial charge in [0.2, 0.25) is 0 Å². The molecule has 1 aliphatic heterocycles. The maximum atomic E-state index is 13.7. The van der Waals surface area contributed by atoms with E-state index in [0.717, 1.165) is 12.8 Å². The summed E-state index contributed by atoms with van der Waals surface area (Å²) in [6.45, 7) is 8.61. The van der Waals surface area contributed by atoms with Crippen molar-refractivity contribution in [1.82, 2.24) is 25.0 Å². The third kappa shape index (κ3) is 4.13. The Balaban J connectivity index is 1.58. The number of carbonyl (C=O) groups is 1. The highest BCUT2D eigenvalue weighted by Gasteiger charge is 2.29. The minimum Gasteiger partial charge on any atom is -0.338 e. The SMILES string of the molecule is Cc1noc2nc([C@@H]3CCCN(C(=O)c4cnc(C(C)(C)C)nc4)C3)cc(C(F)F)c12. The Labute approximate surface area is 178 Å². The number of fused-ring (bicyclic) bond motifs is 1. The van der Waals surface area contributed by atoms with Crippen molar-refractivity contribution in [2.24, 2.45) is 0 Å². The number of likely N-dealkylation sites (tertiary alicyclic amines) is 1. The van der Waals surface area contributed by atoms with Gasteiger partial charge in [-0.3, -0.25) is 4.79 Å². The normalized spacial score (nSPS) is 17.5. The van der Waals surface area contributed by atoms with E-state index in [1.807, 2.05) is 20.8 Å². The number of piperidine rings is 1. The van der Waals surface area contributed by atoms with Gasteiger partial charge in [0.15, 0.2) is 0 Å². The van der Waals surface area contributed by atoms with Crippen molar-refractivity contribution in [1.29, 1.82) is 0 Å². The first kappa shape index (κ1) is 21.3. The molecule has 7 nitrogen and oxygen atoms in total. The maximum Gasteiger partial charge on any atom is 0.264 e. The predicted molar refractivity (Wildman–Crippen MR) is 110 cm³/mol. The average molecular weight is 429 g/mol. The molecule has 1 amide bonds. The van der Waals surface area contributed by atoms with E-state index in [9.17, 15) is 13.6 Å². The van der Waals surface area contributed by atoms with Gasteiger partial charge in [-0.05, 0) is 25.8 Å². The number of aromatic nitrogens is 4. The fourth-order valence-electron chi connectivity index (χ4n) is 3.94. The highest BCUT2D eigenvalue weighted by atomic mass is 19.3. The molecule has 0 spiro atoms. The summed E-state index contributed by atoms with van der Waals surface area (Å²) >= 11 is 0. The van der Waals surface area contributed by atoms with Crippen LogP contribution >= 0.6 is 0 Å². The lowest BCUT2D eigenvalue weighted by Crippen LogP contribution is -2.39. The lowest BCUT2D eigenvalue weighted by atomic mass is 9.92. The van der Waals surface area contributed by atoms with Crippen molar-refractivity contribution in [3.63, 3.8) is 0 Å². The smallest absolute Gasteiger partial charge is 0.264 e. The molecule has 0 saturated carbocycles. The first-order chi connectivity index (χ1) is 14.6. The predicted octanol–water partition coefficient (Wildman–Crippen LogP) is 4.58. The van der Waals surface area contributed by atoms with Gasteiger partial charge in [-0.2, -0.15) is 0 Å². The molecule has 1 fully saturated rings. The second-order valence-electron chi connectivity index (χ2n) is 9.02. The highest BCUT2D eigenvalue weighted by Crippen LogP contribution is 2.34. The summed E-state index contributed by atoms with van der Waals surface area (Å²) in [6, 6.07) is 1.43. The first-order valence-electron chi connectivity index (χ1n) is 10.3. The van der Waals surface area contributed by atoms with Crippen LogP contribution in [-0.2, 0) is 5.41 Å². The lowest BCUT2D eigenvalue weighted by molar-refractivity contribution is 0.0704. The third-order valence-corrected chi connectivity index (χ3v) is 5.60. The van der Waals surface area contributed by atoms with Crippen molar-refractivity contribution in [3.8, 4) is 0 Å². The fourth-order valence-corrected chi connectivity index (χ4v) is 3.94. The molecule has 0 aliphatic carbocycles. The van der Waals surface area contributed by atoms with Crippen molar-refractivity contribution < 1.29 is 18.1 Å². The van der Waals surface area contributed by atoms with Gasteiger partial charge in [-0.15, -0.1) is 0 Å². The van der Waals surface area contributed by atoms with E-state index in [1.165, 1.54) is 6.07 Å². The standard InChI is InChI=1S/C22H25F2N5O2/c1-12-17-15(18(23)24)8-16(27-19(17)31-28-12)13-6-5-7-29(11-13)20(30)14-9-25-21(26-10-14)22(2,3)4/h8-10,13,18H,5-7,11H2,1-4H3/t13-/m1/s1. The molecular formula is C22H25F2N5O2. The zero-order chi connectivity index (χ0) is 22.3. The molecule has 31 heavy (non-hydrogen) atoms. The first-order valence-corrected chi connectivity index (χ1v) is 10.3. The molecule has 1 atom stereocenters. The van der Waals surface area contributed by atoms with Crippen LogP contribution in [0.3, 0.4) is 0 Å². The summed E-state index contributed by atoms with van der Waals surface area (Å²) in [5.74, 6) is 0.329. The molecule has 3 aromatic heterocycles. The Hall–Kier alpha value is -2.97. The molecular weight excluding hydrogens is 404 g/mol. The summed E-state index contributed by atoms with van der Waals surface area (Å²) in [5.41, 5.74) is 1.08. The molecule has 1 saturated heterocycles. The second-order valence-corrected chi connectivity index (χ2v) is 9.02. The molecule has 3 aromatic rings. The van der Waals surface area contributed by atoms with Crippen LogP contribution in [0.2, 0.25) is 0 Å². The van der Waals surface area contributed by atoms with Crippen LogP contribution in [0.1, 0.15) is 79.1 Å². The molecule has 4 heterocycles. The van der Waals surface area contributed by atoms with Gasteiger partial charge in [0, 0.05) is 48.1 Å². The maximum absolute atomic E-state index is 13.7. The average Bonchev–Trinajstić information content (AvgIpc) is 3.13. The number of hydrogen-bond acceptors (Lipinski definition) is 6. The molecule has 0 aromatic carbocycles. The zero-order valence-corrected chi connectivity index (χ0v) is 18.0. The van der Waals surface area contributed by atoms with Crippen LogP contribution in [0.15, 0.2) is 23.0 Å². The van der Waals surface area contributed by atoms with Gasteiger partial charge in [-0.1, -0.05) is 25.9 Å². The van der Waals surface area contributed by atoms with Crippen LogP contribution in [-0.4, -0.2) is 44.0 Å². The van der Waals surface area contributed by atoms with Gasteiger partial charge in [0.1, 0.15) is 5.82 Å². The Morgan fingerprint density at radius 2 is 1.97 bits per heavy atom. The number of hydrogen-bond donors (Lipinski definition) is 0. The molecule has 9 heteroatoms. The van der Waals surface area contributed by atoms with Gasteiger partial charge in [0.05, 0.1) is 16.6 Å². The van der Waals surface area contributed by atoms with E-state index in [2.05, 4.69) is 20.1 Å². The van der Waals surface area contributed by atoms with Crippen molar-refractivity contribution in [3.05, 3.63) is 46.8 Å². The van der Waals surface area contributed by atoms with Gasteiger partial charge in [0.25, 0.3) is 18.0 Å². The third-order valence-electron chi connectivity index (χ3n) is 5.60. The summed E-state index contributed by atoms with van der Waals surface area (Å²) in [5, 5.41) is 4.05. The second kappa shape index (κ2) is 7.94. The van der Waals surface area contributed by atoms with Crippen LogP contribution in [0.5, 0.6) is 0 Å².